The number of thioether (sulfide) groups is 1. The molecule has 0 aliphatic rings. The smallest absolute Gasteiger partial charge is 0.260 e. The first-order chi connectivity index (χ1) is 10.6. The minimum atomic E-state index is -0.234. The van der Waals surface area contributed by atoms with E-state index in [1.54, 1.807) is 30.5 Å². The number of rotatable bonds is 3. The van der Waals surface area contributed by atoms with Crippen molar-refractivity contribution in [3.05, 3.63) is 47.1 Å². The molecule has 0 radical (unpaired) electrons. The molecule has 1 aromatic carbocycles. The van der Waals surface area contributed by atoms with Crippen molar-refractivity contribution in [2.75, 3.05) is 11.6 Å². The molecule has 22 heavy (non-hydrogen) atoms. The molecule has 0 atom stereocenters. The number of carbonyl (C=O) groups excluding carboxylic acids is 1. The maximum absolute atomic E-state index is 12.4. The SMILES string of the molecule is CSc1ncccc1C(=O)Nc1nc2cc(Cl)ccc2n1C. The summed E-state index contributed by atoms with van der Waals surface area (Å²) in [5.74, 6) is 0.236. The fourth-order valence-electron chi connectivity index (χ4n) is 2.18. The van der Waals surface area contributed by atoms with Crippen LogP contribution >= 0.6 is 23.4 Å². The van der Waals surface area contributed by atoms with Crippen molar-refractivity contribution in [1.82, 2.24) is 14.5 Å². The van der Waals surface area contributed by atoms with Crippen molar-refractivity contribution in [2.45, 2.75) is 5.03 Å². The summed E-state index contributed by atoms with van der Waals surface area (Å²) in [5.41, 5.74) is 2.16. The number of aromatic nitrogens is 3. The van der Waals surface area contributed by atoms with Crippen LogP contribution < -0.4 is 5.32 Å². The zero-order chi connectivity index (χ0) is 15.7. The van der Waals surface area contributed by atoms with Gasteiger partial charge in [0.25, 0.3) is 5.91 Å². The molecule has 0 aliphatic heterocycles. The molecule has 1 N–H and O–H groups in total. The highest BCUT2D eigenvalue weighted by molar-refractivity contribution is 7.98. The molecule has 112 valence electrons. The Morgan fingerprint density at radius 3 is 2.95 bits per heavy atom. The fraction of sp³-hybridized carbons (Fsp3) is 0.133. The molecule has 0 fully saturated rings. The highest BCUT2D eigenvalue weighted by Crippen LogP contribution is 2.23. The van der Waals surface area contributed by atoms with Gasteiger partial charge in [-0.25, -0.2) is 9.97 Å². The quantitative estimate of drug-likeness (QED) is 0.744. The molecule has 1 amide bonds. The van der Waals surface area contributed by atoms with Gasteiger partial charge < -0.3 is 4.57 Å². The van der Waals surface area contributed by atoms with E-state index in [0.717, 1.165) is 11.0 Å². The van der Waals surface area contributed by atoms with Crippen LogP contribution in [0.15, 0.2) is 41.6 Å². The van der Waals surface area contributed by atoms with Crippen LogP contribution in [-0.2, 0) is 7.05 Å². The molecule has 0 saturated heterocycles. The first-order valence-electron chi connectivity index (χ1n) is 6.52. The lowest BCUT2D eigenvalue weighted by molar-refractivity contribution is 0.102. The van der Waals surface area contributed by atoms with Gasteiger partial charge in [-0.05, 0) is 36.6 Å². The highest BCUT2D eigenvalue weighted by Gasteiger charge is 2.15. The van der Waals surface area contributed by atoms with Crippen molar-refractivity contribution in [3.63, 3.8) is 0 Å². The lowest BCUT2D eigenvalue weighted by atomic mass is 10.3. The molecular formula is C15H13ClN4OS. The molecule has 0 saturated carbocycles. The predicted octanol–water partition coefficient (Wildman–Crippen LogP) is 3.60. The van der Waals surface area contributed by atoms with Crippen molar-refractivity contribution in [2.24, 2.45) is 7.05 Å². The molecular weight excluding hydrogens is 320 g/mol. The van der Waals surface area contributed by atoms with Gasteiger partial charge in [0.15, 0.2) is 0 Å². The summed E-state index contributed by atoms with van der Waals surface area (Å²) < 4.78 is 1.82. The van der Waals surface area contributed by atoms with Crippen molar-refractivity contribution in [3.8, 4) is 0 Å². The number of fused-ring (bicyclic) bond motifs is 1. The Hall–Kier alpha value is -2.05. The van der Waals surface area contributed by atoms with Crippen LogP contribution in [0.4, 0.5) is 5.95 Å². The number of pyridine rings is 1. The summed E-state index contributed by atoms with van der Waals surface area (Å²) in [6.45, 7) is 0. The molecule has 0 bridgehead atoms. The maximum atomic E-state index is 12.4. The van der Waals surface area contributed by atoms with Gasteiger partial charge in [-0.15, -0.1) is 11.8 Å². The van der Waals surface area contributed by atoms with E-state index in [1.807, 2.05) is 23.9 Å². The number of anilines is 1. The monoisotopic (exact) mass is 332 g/mol. The Morgan fingerprint density at radius 2 is 2.18 bits per heavy atom. The number of nitrogens with one attached hydrogen (secondary N) is 1. The Morgan fingerprint density at radius 1 is 1.36 bits per heavy atom. The first-order valence-corrected chi connectivity index (χ1v) is 8.13. The van der Waals surface area contributed by atoms with Gasteiger partial charge in [-0.2, -0.15) is 0 Å². The van der Waals surface area contributed by atoms with E-state index in [2.05, 4.69) is 15.3 Å². The van der Waals surface area contributed by atoms with E-state index >= 15 is 0 Å². The summed E-state index contributed by atoms with van der Waals surface area (Å²) in [5, 5.41) is 4.12. The molecule has 7 heteroatoms. The number of benzene rings is 1. The van der Waals surface area contributed by atoms with E-state index < -0.39 is 0 Å². The zero-order valence-corrected chi connectivity index (χ0v) is 13.6. The van der Waals surface area contributed by atoms with Gasteiger partial charge in [-0.3, -0.25) is 10.1 Å². The number of aryl methyl sites for hydroxylation is 1. The Balaban J connectivity index is 1.96. The predicted molar refractivity (Wildman–Crippen MR) is 89.7 cm³/mol. The first kappa shape index (κ1) is 14.9. The standard InChI is InChI=1S/C15H13ClN4OS/c1-20-12-6-5-9(16)8-11(12)18-15(20)19-13(21)10-4-3-7-17-14(10)22-2/h3-8H,1-2H3,(H,18,19,21). The van der Waals surface area contributed by atoms with E-state index in [1.165, 1.54) is 11.8 Å². The Kier molecular flexibility index (Phi) is 4.04. The molecule has 0 spiro atoms. The van der Waals surface area contributed by atoms with Crippen LogP contribution in [0.25, 0.3) is 11.0 Å². The van der Waals surface area contributed by atoms with Crippen molar-refractivity contribution < 1.29 is 4.79 Å². The molecule has 0 unspecified atom stereocenters. The van der Waals surface area contributed by atoms with Gasteiger partial charge in [-0.1, -0.05) is 11.6 Å². The third-order valence-electron chi connectivity index (χ3n) is 3.28. The summed E-state index contributed by atoms with van der Waals surface area (Å²) in [6, 6.07) is 8.92. The van der Waals surface area contributed by atoms with Crippen LogP contribution in [-0.4, -0.2) is 26.7 Å². The van der Waals surface area contributed by atoms with Crippen molar-refractivity contribution >= 4 is 46.3 Å². The topological polar surface area (TPSA) is 59.8 Å². The Labute approximate surface area is 136 Å². The van der Waals surface area contributed by atoms with E-state index in [9.17, 15) is 4.79 Å². The lowest BCUT2D eigenvalue weighted by Gasteiger charge is -2.07. The number of hydrogen-bond donors (Lipinski definition) is 1. The number of imidazole rings is 1. The fourth-order valence-corrected chi connectivity index (χ4v) is 2.89. The largest absolute Gasteiger partial charge is 0.313 e. The molecule has 2 heterocycles. The number of hydrogen-bond acceptors (Lipinski definition) is 4. The molecule has 0 aliphatic carbocycles. The molecule has 5 nitrogen and oxygen atoms in total. The second-order valence-electron chi connectivity index (χ2n) is 4.64. The van der Waals surface area contributed by atoms with E-state index in [-0.39, 0.29) is 5.91 Å². The van der Waals surface area contributed by atoms with Crippen LogP contribution in [0.3, 0.4) is 0 Å². The third kappa shape index (κ3) is 2.67. The Bertz CT molecular complexity index is 862. The number of carbonyl (C=O) groups is 1. The minimum absolute atomic E-state index is 0.234. The normalized spacial score (nSPS) is 10.9. The number of halogens is 1. The molecule has 3 aromatic rings. The summed E-state index contributed by atoms with van der Waals surface area (Å²) in [6.07, 6.45) is 3.55. The average Bonchev–Trinajstić information content (AvgIpc) is 2.82. The van der Waals surface area contributed by atoms with Gasteiger partial charge in [0, 0.05) is 18.3 Å². The van der Waals surface area contributed by atoms with Gasteiger partial charge in [0.2, 0.25) is 5.95 Å². The second-order valence-corrected chi connectivity index (χ2v) is 5.87. The van der Waals surface area contributed by atoms with Crippen LogP contribution in [0.2, 0.25) is 5.02 Å². The third-order valence-corrected chi connectivity index (χ3v) is 4.22. The lowest BCUT2D eigenvalue weighted by Crippen LogP contribution is -2.16. The second kappa shape index (κ2) is 5.98. The average molecular weight is 333 g/mol. The van der Waals surface area contributed by atoms with Gasteiger partial charge in [0.05, 0.1) is 16.6 Å². The zero-order valence-electron chi connectivity index (χ0n) is 12.0. The van der Waals surface area contributed by atoms with Crippen LogP contribution in [0.1, 0.15) is 10.4 Å². The van der Waals surface area contributed by atoms with Crippen LogP contribution in [0.5, 0.6) is 0 Å². The minimum Gasteiger partial charge on any atom is -0.313 e. The maximum Gasteiger partial charge on any atom is 0.260 e. The van der Waals surface area contributed by atoms with E-state index in [4.69, 9.17) is 11.6 Å². The van der Waals surface area contributed by atoms with Gasteiger partial charge >= 0.3 is 0 Å². The summed E-state index contributed by atoms with van der Waals surface area (Å²) in [7, 11) is 1.84. The van der Waals surface area contributed by atoms with Crippen LogP contribution in [0, 0.1) is 0 Å². The highest BCUT2D eigenvalue weighted by atomic mass is 35.5. The van der Waals surface area contributed by atoms with Gasteiger partial charge in [0.1, 0.15) is 5.03 Å². The molecule has 3 rings (SSSR count). The number of amides is 1. The van der Waals surface area contributed by atoms with Crippen molar-refractivity contribution in [1.29, 1.82) is 0 Å². The summed E-state index contributed by atoms with van der Waals surface area (Å²) >= 11 is 7.40. The number of nitrogens with zero attached hydrogens (tertiary/aromatic N) is 3. The summed E-state index contributed by atoms with van der Waals surface area (Å²) in [4.78, 5) is 21.1. The van der Waals surface area contributed by atoms with E-state index in [0.29, 0.717) is 21.6 Å². The molecule has 2 aromatic heterocycles.